The second-order valence-corrected chi connectivity index (χ2v) is 6.58. The topological polar surface area (TPSA) is 70.7 Å². The van der Waals surface area contributed by atoms with Crippen molar-refractivity contribution in [1.82, 2.24) is 9.78 Å². The van der Waals surface area contributed by atoms with Crippen molar-refractivity contribution >= 4 is 45.8 Å². The van der Waals surface area contributed by atoms with Gasteiger partial charge in [0.25, 0.3) is 5.91 Å². The molecule has 0 saturated carbocycles. The molecule has 0 radical (unpaired) electrons. The second-order valence-electron chi connectivity index (χ2n) is 4.92. The van der Waals surface area contributed by atoms with Crippen molar-refractivity contribution in [3.63, 3.8) is 0 Å². The molecule has 21 heavy (non-hydrogen) atoms. The van der Waals surface area contributed by atoms with E-state index >= 15 is 0 Å². The van der Waals surface area contributed by atoms with E-state index in [9.17, 15) is 4.79 Å². The normalized spacial score (nSPS) is 11.0. The Hall–Kier alpha value is -1.59. The highest BCUT2D eigenvalue weighted by atomic mass is 127. The number of amides is 1. The summed E-state index contributed by atoms with van der Waals surface area (Å²) in [6.45, 7) is 3.54. The van der Waals surface area contributed by atoms with Gasteiger partial charge >= 0.3 is 0 Å². The van der Waals surface area contributed by atoms with E-state index in [1.165, 1.54) is 0 Å². The van der Waals surface area contributed by atoms with Crippen LogP contribution in [0.25, 0.3) is 0 Å². The first-order valence-electron chi connectivity index (χ1n) is 6.06. The monoisotopic (exact) mass is 414 g/mol. The Morgan fingerprint density at radius 3 is 2.81 bits per heavy atom. The van der Waals surface area contributed by atoms with E-state index in [0.717, 1.165) is 3.57 Å². The number of aromatic nitrogens is 2. The molecular formula is C14H12ClIN4O. The second kappa shape index (κ2) is 6.03. The number of carbonyl (C=O) groups is 1. The van der Waals surface area contributed by atoms with Crippen molar-refractivity contribution in [2.75, 3.05) is 5.32 Å². The fourth-order valence-corrected chi connectivity index (χ4v) is 2.23. The summed E-state index contributed by atoms with van der Waals surface area (Å²) in [5, 5.41) is 16.3. The first-order valence-corrected chi connectivity index (χ1v) is 7.52. The zero-order valence-electron chi connectivity index (χ0n) is 11.4. The number of nitriles is 1. The predicted molar refractivity (Wildman–Crippen MR) is 89.1 cm³/mol. The molecule has 1 N–H and O–H groups in total. The zero-order chi connectivity index (χ0) is 15.6. The number of carbonyl (C=O) groups excluding carboxylic acids is 1. The van der Waals surface area contributed by atoms with Gasteiger partial charge in [-0.15, -0.1) is 0 Å². The maximum atomic E-state index is 12.4. The number of hydrogen-bond acceptors (Lipinski definition) is 3. The molecule has 1 amide bonds. The molecule has 0 bridgehead atoms. The number of rotatable bonds is 3. The lowest BCUT2D eigenvalue weighted by Gasteiger charge is -2.24. The Kier molecular flexibility index (Phi) is 4.54. The molecule has 1 aromatic carbocycles. The molecule has 0 aliphatic heterocycles. The number of nitrogens with one attached hydrogen (secondary N) is 1. The van der Waals surface area contributed by atoms with Crippen LogP contribution < -0.4 is 5.32 Å². The van der Waals surface area contributed by atoms with E-state index in [2.05, 4.69) is 33.0 Å². The Labute approximate surface area is 141 Å². The van der Waals surface area contributed by atoms with Gasteiger partial charge in [0.1, 0.15) is 11.6 Å². The van der Waals surface area contributed by atoms with Crippen LogP contribution in [0, 0.1) is 14.9 Å². The van der Waals surface area contributed by atoms with Crippen molar-refractivity contribution in [2.45, 2.75) is 19.4 Å². The molecule has 2 rings (SSSR count). The highest BCUT2D eigenvalue weighted by Crippen LogP contribution is 2.22. The molecule has 108 valence electrons. The van der Waals surface area contributed by atoms with Gasteiger partial charge < -0.3 is 5.32 Å². The van der Waals surface area contributed by atoms with Crippen LogP contribution in [-0.4, -0.2) is 15.7 Å². The minimum atomic E-state index is -0.851. The van der Waals surface area contributed by atoms with Crippen LogP contribution in [0.3, 0.4) is 0 Å². The molecule has 0 saturated heterocycles. The smallest absolute Gasteiger partial charge is 0.251 e. The van der Waals surface area contributed by atoms with Crippen LogP contribution in [0.2, 0.25) is 5.02 Å². The van der Waals surface area contributed by atoms with Crippen LogP contribution in [0.15, 0.2) is 30.6 Å². The third-order valence-corrected chi connectivity index (χ3v) is 3.91. The molecule has 7 heteroatoms. The average Bonchev–Trinajstić information content (AvgIpc) is 2.88. The van der Waals surface area contributed by atoms with Gasteiger partial charge in [0.2, 0.25) is 0 Å². The quantitative estimate of drug-likeness (QED) is 0.783. The van der Waals surface area contributed by atoms with Gasteiger partial charge in [-0.1, -0.05) is 11.6 Å². The van der Waals surface area contributed by atoms with E-state index in [1.54, 1.807) is 49.1 Å². The standard InChI is InChI=1S/C14H12ClIN4O/c1-14(2,20-8-10(16)7-18-20)13(21)19-11-3-4-12(15)9(5-11)6-17/h3-5,7-8H,1-2H3,(H,19,21). The van der Waals surface area contributed by atoms with Gasteiger partial charge in [-0.25, -0.2) is 0 Å². The summed E-state index contributed by atoms with van der Waals surface area (Å²) in [6.07, 6.45) is 3.48. The molecule has 0 unspecified atom stereocenters. The Bertz CT molecular complexity index is 733. The van der Waals surface area contributed by atoms with Crippen LogP contribution >= 0.6 is 34.2 Å². The summed E-state index contributed by atoms with van der Waals surface area (Å²) in [6, 6.07) is 6.77. The molecule has 5 nitrogen and oxygen atoms in total. The summed E-state index contributed by atoms with van der Waals surface area (Å²) in [4.78, 5) is 12.4. The van der Waals surface area contributed by atoms with E-state index in [-0.39, 0.29) is 5.91 Å². The fourth-order valence-electron chi connectivity index (χ4n) is 1.68. The lowest BCUT2D eigenvalue weighted by Crippen LogP contribution is -2.40. The van der Waals surface area contributed by atoms with Gasteiger partial charge in [0.15, 0.2) is 0 Å². The van der Waals surface area contributed by atoms with Gasteiger partial charge in [-0.2, -0.15) is 10.4 Å². The predicted octanol–water partition coefficient (Wildman–Crippen LogP) is 3.39. The van der Waals surface area contributed by atoms with E-state index in [0.29, 0.717) is 16.3 Å². The minimum Gasteiger partial charge on any atom is -0.324 e. The van der Waals surface area contributed by atoms with E-state index < -0.39 is 5.54 Å². The lowest BCUT2D eigenvalue weighted by atomic mass is 10.0. The molecular weight excluding hydrogens is 403 g/mol. The van der Waals surface area contributed by atoms with Gasteiger partial charge in [-0.05, 0) is 54.6 Å². The number of benzene rings is 1. The molecule has 1 heterocycles. The van der Waals surface area contributed by atoms with Crippen molar-refractivity contribution in [3.05, 3.63) is 44.7 Å². The number of anilines is 1. The van der Waals surface area contributed by atoms with Crippen molar-refractivity contribution in [2.24, 2.45) is 0 Å². The third-order valence-electron chi connectivity index (χ3n) is 3.02. The Morgan fingerprint density at radius 1 is 1.52 bits per heavy atom. The molecule has 0 aliphatic rings. The largest absolute Gasteiger partial charge is 0.324 e. The summed E-state index contributed by atoms with van der Waals surface area (Å²) in [5.41, 5.74) is -0.00708. The third kappa shape index (κ3) is 3.36. The average molecular weight is 415 g/mol. The number of halogens is 2. The highest BCUT2D eigenvalue weighted by Gasteiger charge is 2.30. The fraction of sp³-hybridized carbons (Fsp3) is 0.214. The van der Waals surface area contributed by atoms with Crippen LogP contribution in [0.4, 0.5) is 5.69 Å². The first kappa shape index (κ1) is 15.8. The molecule has 2 aromatic rings. The van der Waals surface area contributed by atoms with Crippen molar-refractivity contribution in [3.8, 4) is 6.07 Å². The van der Waals surface area contributed by atoms with Gasteiger partial charge in [0.05, 0.1) is 20.4 Å². The zero-order valence-corrected chi connectivity index (χ0v) is 14.3. The Morgan fingerprint density at radius 2 is 2.24 bits per heavy atom. The molecule has 0 spiro atoms. The van der Waals surface area contributed by atoms with E-state index in [4.69, 9.17) is 16.9 Å². The van der Waals surface area contributed by atoms with Crippen molar-refractivity contribution < 1.29 is 4.79 Å². The van der Waals surface area contributed by atoms with Crippen LogP contribution in [0.5, 0.6) is 0 Å². The minimum absolute atomic E-state index is 0.229. The molecule has 0 atom stereocenters. The van der Waals surface area contributed by atoms with E-state index in [1.807, 2.05) is 6.07 Å². The molecule has 0 aliphatic carbocycles. The van der Waals surface area contributed by atoms with Crippen LogP contribution in [0.1, 0.15) is 19.4 Å². The number of hydrogen-bond donors (Lipinski definition) is 1. The van der Waals surface area contributed by atoms with Crippen molar-refractivity contribution in [1.29, 1.82) is 5.26 Å². The number of nitrogens with zero attached hydrogens (tertiary/aromatic N) is 3. The highest BCUT2D eigenvalue weighted by molar-refractivity contribution is 14.1. The molecule has 1 aromatic heterocycles. The SMILES string of the molecule is CC(C)(C(=O)Nc1ccc(Cl)c(C#N)c1)n1cc(I)cn1. The lowest BCUT2D eigenvalue weighted by molar-refractivity contribution is -0.123. The summed E-state index contributed by atoms with van der Waals surface area (Å²) in [5.74, 6) is -0.229. The summed E-state index contributed by atoms with van der Waals surface area (Å²) in [7, 11) is 0. The van der Waals surface area contributed by atoms with Crippen LogP contribution in [-0.2, 0) is 10.3 Å². The maximum absolute atomic E-state index is 12.4. The van der Waals surface area contributed by atoms with Gasteiger partial charge in [0, 0.05) is 11.9 Å². The molecule has 0 fully saturated rings. The Balaban J connectivity index is 2.23. The summed E-state index contributed by atoms with van der Waals surface area (Å²) >= 11 is 8.01. The van der Waals surface area contributed by atoms with Gasteiger partial charge in [-0.3, -0.25) is 9.48 Å². The first-order chi connectivity index (χ1) is 9.84. The maximum Gasteiger partial charge on any atom is 0.251 e. The summed E-state index contributed by atoms with van der Waals surface area (Å²) < 4.78 is 2.55.